The molecule has 0 radical (unpaired) electrons. The molecule has 1 atom stereocenters. The van der Waals surface area contributed by atoms with Crippen LogP contribution in [-0.4, -0.2) is 32.5 Å². The van der Waals surface area contributed by atoms with Crippen LogP contribution in [0.2, 0.25) is 0 Å². The Labute approximate surface area is 110 Å². The van der Waals surface area contributed by atoms with Crippen molar-refractivity contribution in [2.45, 2.75) is 31.4 Å². The number of hydrogen-bond acceptors (Lipinski definition) is 3. The van der Waals surface area contributed by atoms with Crippen molar-refractivity contribution >= 4 is 9.84 Å². The van der Waals surface area contributed by atoms with Crippen molar-refractivity contribution in [3.05, 3.63) is 35.4 Å². The number of sulfone groups is 1. The van der Waals surface area contributed by atoms with Crippen LogP contribution in [-0.2, 0) is 16.3 Å². The topological polar surface area (TPSA) is 46.2 Å². The lowest BCUT2D eigenvalue weighted by Crippen LogP contribution is -2.33. The predicted octanol–water partition coefficient (Wildman–Crippen LogP) is 1.74. The molecule has 100 valence electrons. The van der Waals surface area contributed by atoms with Gasteiger partial charge in [0.15, 0.2) is 9.84 Å². The van der Waals surface area contributed by atoms with E-state index in [0.717, 1.165) is 13.0 Å². The number of rotatable bonds is 6. The minimum Gasteiger partial charge on any atom is -0.315 e. The van der Waals surface area contributed by atoms with E-state index in [2.05, 4.69) is 29.6 Å². The molecule has 1 aliphatic carbocycles. The van der Waals surface area contributed by atoms with E-state index in [4.69, 9.17) is 0 Å². The Balaban J connectivity index is 1.73. The summed E-state index contributed by atoms with van der Waals surface area (Å²) in [6.07, 6.45) is 1.11. The van der Waals surface area contributed by atoms with Crippen molar-refractivity contribution in [2.75, 3.05) is 18.8 Å². The van der Waals surface area contributed by atoms with Gasteiger partial charge in [-0.2, -0.15) is 0 Å². The van der Waals surface area contributed by atoms with Crippen LogP contribution in [0.3, 0.4) is 0 Å². The lowest BCUT2D eigenvalue weighted by atomic mass is 9.78. The summed E-state index contributed by atoms with van der Waals surface area (Å²) in [5.74, 6) is 0.793. The van der Waals surface area contributed by atoms with Crippen molar-refractivity contribution in [3.63, 3.8) is 0 Å². The van der Waals surface area contributed by atoms with E-state index in [-0.39, 0.29) is 11.0 Å². The Hall–Kier alpha value is -0.870. The van der Waals surface area contributed by atoms with Gasteiger partial charge in [-0.1, -0.05) is 24.3 Å². The summed E-state index contributed by atoms with van der Waals surface area (Å²) in [6.45, 7) is 4.90. The van der Waals surface area contributed by atoms with Gasteiger partial charge in [0, 0.05) is 19.0 Å². The average molecular weight is 267 g/mol. The Morgan fingerprint density at radius 3 is 2.72 bits per heavy atom. The first-order chi connectivity index (χ1) is 8.50. The molecule has 0 heterocycles. The minimum absolute atomic E-state index is 0.235. The van der Waals surface area contributed by atoms with E-state index in [1.165, 1.54) is 11.1 Å². The van der Waals surface area contributed by atoms with Gasteiger partial charge in [0.25, 0.3) is 0 Å². The number of nitrogens with one attached hydrogen (secondary N) is 1. The molecule has 1 aromatic carbocycles. The van der Waals surface area contributed by atoms with Gasteiger partial charge in [0.1, 0.15) is 0 Å². The van der Waals surface area contributed by atoms with Crippen molar-refractivity contribution in [1.82, 2.24) is 5.32 Å². The van der Waals surface area contributed by atoms with Crippen molar-refractivity contribution in [1.29, 1.82) is 0 Å². The molecule has 1 N–H and O–H groups in total. The summed E-state index contributed by atoms with van der Waals surface area (Å²) < 4.78 is 23.2. The number of fused-ring (bicyclic) bond motifs is 1. The maximum Gasteiger partial charge on any atom is 0.153 e. The van der Waals surface area contributed by atoms with Crippen molar-refractivity contribution in [2.24, 2.45) is 0 Å². The van der Waals surface area contributed by atoms with Crippen LogP contribution >= 0.6 is 0 Å². The fraction of sp³-hybridized carbons (Fsp3) is 0.571. The summed E-state index contributed by atoms with van der Waals surface area (Å²) in [7, 11) is -2.91. The Kier molecular flexibility index (Phi) is 4.07. The van der Waals surface area contributed by atoms with Crippen molar-refractivity contribution in [3.8, 4) is 0 Å². The molecular formula is C14H21NO2S. The summed E-state index contributed by atoms with van der Waals surface area (Å²) in [6, 6.07) is 8.46. The van der Waals surface area contributed by atoms with Gasteiger partial charge in [-0.25, -0.2) is 8.42 Å². The zero-order chi connectivity index (χ0) is 13.2. The second-order valence-electron chi connectivity index (χ2n) is 5.22. The highest BCUT2D eigenvalue weighted by Crippen LogP contribution is 2.33. The summed E-state index contributed by atoms with van der Waals surface area (Å²) in [5, 5.41) is 2.99. The maximum absolute atomic E-state index is 11.6. The van der Waals surface area contributed by atoms with Crippen LogP contribution in [0.4, 0.5) is 0 Å². The number of hydrogen-bond donors (Lipinski definition) is 1. The molecule has 4 heteroatoms. The molecule has 0 spiro atoms. The lowest BCUT2D eigenvalue weighted by molar-refractivity contribution is 0.541. The van der Waals surface area contributed by atoms with Gasteiger partial charge in [-0.3, -0.25) is 0 Å². The molecule has 0 saturated carbocycles. The van der Waals surface area contributed by atoms with Gasteiger partial charge < -0.3 is 5.32 Å². The third-order valence-corrected chi connectivity index (χ3v) is 5.84. The second-order valence-corrected chi connectivity index (χ2v) is 7.90. The fourth-order valence-electron chi connectivity index (χ4n) is 2.27. The molecule has 0 fully saturated rings. The molecule has 1 aliphatic rings. The van der Waals surface area contributed by atoms with E-state index in [1.807, 2.05) is 0 Å². The fourth-order valence-corrected chi connectivity index (χ4v) is 3.17. The van der Waals surface area contributed by atoms with Gasteiger partial charge in [0.2, 0.25) is 0 Å². The molecule has 3 nitrogen and oxygen atoms in total. The molecule has 1 unspecified atom stereocenters. The molecule has 2 rings (SSSR count). The minimum atomic E-state index is -2.91. The van der Waals surface area contributed by atoms with Gasteiger partial charge in [0.05, 0.1) is 11.0 Å². The second kappa shape index (κ2) is 5.41. The summed E-state index contributed by atoms with van der Waals surface area (Å²) >= 11 is 0. The van der Waals surface area contributed by atoms with E-state index in [1.54, 1.807) is 13.8 Å². The normalized spacial score (nSPS) is 18.5. The third kappa shape index (κ3) is 2.93. The standard InChI is InChI=1S/C14H21NO2S/c1-11(2)18(16,17)8-7-15-10-13-9-12-5-3-4-6-14(12)13/h3-6,11,13,15H,7-10H2,1-2H3. The molecular weight excluding hydrogens is 246 g/mol. The van der Waals surface area contributed by atoms with Gasteiger partial charge in [-0.15, -0.1) is 0 Å². The quantitative estimate of drug-likeness (QED) is 0.799. The molecule has 0 amide bonds. The molecule has 0 saturated heterocycles. The average Bonchev–Trinajstić information content (AvgIpc) is 2.29. The maximum atomic E-state index is 11.6. The van der Waals surface area contributed by atoms with E-state index in [0.29, 0.717) is 12.5 Å². The van der Waals surface area contributed by atoms with Crippen LogP contribution < -0.4 is 5.32 Å². The first kappa shape index (κ1) is 13.6. The SMILES string of the molecule is CC(C)S(=O)(=O)CCNCC1Cc2ccccc21. The zero-order valence-electron chi connectivity index (χ0n) is 11.0. The third-order valence-electron chi connectivity index (χ3n) is 3.63. The van der Waals surface area contributed by atoms with Gasteiger partial charge in [-0.05, 0) is 31.4 Å². The van der Waals surface area contributed by atoms with Crippen LogP contribution in [0.25, 0.3) is 0 Å². The molecule has 1 aromatic rings. The number of benzene rings is 1. The monoisotopic (exact) mass is 267 g/mol. The van der Waals surface area contributed by atoms with Crippen LogP contribution in [0, 0.1) is 0 Å². The van der Waals surface area contributed by atoms with Crippen LogP contribution in [0.5, 0.6) is 0 Å². The molecule has 18 heavy (non-hydrogen) atoms. The lowest BCUT2D eigenvalue weighted by Gasteiger charge is -2.30. The van der Waals surface area contributed by atoms with Gasteiger partial charge >= 0.3 is 0 Å². The Morgan fingerprint density at radius 2 is 2.06 bits per heavy atom. The first-order valence-corrected chi connectivity index (χ1v) is 8.22. The summed E-state index contributed by atoms with van der Waals surface area (Å²) in [4.78, 5) is 0. The molecule has 0 bridgehead atoms. The molecule has 0 aromatic heterocycles. The highest BCUT2D eigenvalue weighted by molar-refractivity contribution is 7.92. The Bertz CT molecular complexity index is 508. The highest BCUT2D eigenvalue weighted by atomic mass is 32.2. The van der Waals surface area contributed by atoms with E-state index in [9.17, 15) is 8.42 Å². The van der Waals surface area contributed by atoms with Crippen LogP contribution in [0.1, 0.15) is 30.9 Å². The Morgan fingerprint density at radius 1 is 1.33 bits per heavy atom. The predicted molar refractivity (Wildman–Crippen MR) is 74.7 cm³/mol. The van der Waals surface area contributed by atoms with Crippen molar-refractivity contribution < 1.29 is 8.42 Å². The zero-order valence-corrected chi connectivity index (χ0v) is 11.8. The highest BCUT2D eigenvalue weighted by Gasteiger charge is 2.24. The first-order valence-electron chi connectivity index (χ1n) is 6.51. The smallest absolute Gasteiger partial charge is 0.153 e. The van der Waals surface area contributed by atoms with Crippen LogP contribution in [0.15, 0.2) is 24.3 Å². The molecule has 0 aliphatic heterocycles. The van der Waals surface area contributed by atoms with E-state index < -0.39 is 9.84 Å². The van der Waals surface area contributed by atoms with E-state index >= 15 is 0 Å². The largest absolute Gasteiger partial charge is 0.315 e. The summed E-state index contributed by atoms with van der Waals surface area (Å²) in [5.41, 5.74) is 2.84.